The molecule has 1 aromatic carbocycles. The van der Waals surface area contributed by atoms with Crippen LogP contribution < -0.4 is 14.8 Å². The summed E-state index contributed by atoms with van der Waals surface area (Å²) in [7, 11) is 1.38. The van der Waals surface area contributed by atoms with Crippen molar-refractivity contribution in [1.29, 1.82) is 0 Å². The van der Waals surface area contributed by atoms with Crippen molar-refractivity contribution in [1.82, 2.24) is 10.3 Å². The normalized spacial score (nSPS) is 14.5. The van der Waals surface area contributed by atoms with Crippen molar-refractivity contribution in [3.63, 3.8) is 0 Å². The number of methoxy groups -OCH3 is 1. The van der Waals surface area contributed by atoms with E-state index >= 15 is 0 Å². The van der Waals surface area contributed by atoms with E-state index in [0.717, 1.165) is 0 Å². The van der Waals surface area contributed by atoms with Crippen molar-refractivity contribution >= 4 is 18.2 Å². The van der Waals surface area contributed by atoms with E-state index in [1.54, 1.807) is 6.92 Å². The van der Waals surface area contributed by atoms with E-state index in [4.69, 9.17) is 14.2 Å². The number of benzene rings is 1. The van der Waals surface area contributed by atoms with Gasteiger partial charge in [-0.25, -0.2) is 4.98 Å². The molecule has 190 valence electrons. The Balaban J connectivity index is 2.23. The molecule has 0 aliphatic rings. The lowest BCUT2D eigenvalue weighted by Gasteiger charge is -2.33. The summed E-state index contributed by atoms with van der Waals surface area (Å²) in [6.45, 7) is 13.2. The van der Waals surface area contributed by atoms with Crippen LogP contribution in [-0.4, -0.2) is 48.5 Å². The molecule has 3 atom stereocenters. The van der Waals surface area contributed by atoms with Gasteiger partial charge in [-0.05, 0) is 50.3 Å². The Labute approximate surface area is 207 Å². The summed E-state index contributed by atoms with van der Waals surface area (Å²) in [4.78, 5) is 40.7. The summed E-state index contributed by atoms with van der Waals surface area (Å²) >= 11 is 0. The van der Waals surface area contributed by atoms with Gasteiger partial charge >= 0.3 is 5.97 Å². The van der Waals surface area contributed by atoms with E-state index < -0.39 is 17.4 Å². The average molecular weight is 485 g/mol. The fraction of sp³-hybridized carbons (Fsp3) is 0.481. The molecule has 0 fully saturated rings. The number of hydrogen-bond donors (Lipinski definition) is 1. The van der Waals surface area contributed by atoms with Crippen LogP contribution >= 0.6 is 0 Å². The number of pyridine rings is 1. The van der Waals surface area contributed by atoms with Crippen LogP contribution in [-0.2, 0) is 14.3 Å². The molecule has 0 unspecified atom stereocenters. The molecule has 1 amide bonds. The Kier molecular flexibility index (Phi) is 9.54. The van der Waals surface area contributed by atoms with E-state index in [0.29, 0.717) is 6.29 Å². The van der Waals surface area contributed by atoms with Crippen LogP contribution in [0.15, 0.2) is 30.5 Å². The fourth-order valence-corrected chi connectivity index (χ4v) is 4.11. The zero-order chi connectivity index (χ0) is 26.3. The van der Waals surface area contributed by atoms with E-state index in [1.807, 2.05) is 13.0 Å². The predicted octanol–water partition coefficient (Wildman–Crippen LogP) is 4.16. The minimum Gasteiger partial charge on any atom is -0.493 e. The molecular weight excluding hydrogens is 448 g/mol. The van der Waals surface area contributed by atoms with Crippen LogP contribution in [0.25, 0.3) is 0 Å². The number of aryl methyl sites for hydroxylation is 1. The first-order valence-electron chi connectivity index (χ1n) is 11.6. The first kappa shape index (κ1) is 28.0. The molecule has 35 heavy (non-hydrogen) atoms. The highest BCUT2D eigenvalue weighted by Crippen LogP contribution is 2.33. The van der Waals surface area contributed by atoms with Crippen LogP contribution in [0.4, 0.5) is 0 Å². The third-order valence-electron chi connectivity index (χ3n) is 6.08. The Morgan fingerprint density at radius 2 is 1.86 bits per heavy atom. The number of rotatable bonds is 11. The Morgan fingerprint density at radius 1 is 1.17 bits per heavy atom. The molecule has 2 aromatic rings. The monoisotopic (exact) mass is 484 g/mol. The van der Waals surface area contributed by atoms with Crippen molar-refractivity contribution in [2.24, 2.45) is 5.92 Å². The number of carbonyl (C=O) groups is 3. The maximum Gasteiger partial charge on any atom is 0.308 e. The predicted molar refractivity (Wildman–Crippen MR) is 133 cm³/mol. The number of carbonyl (C=O) groups excluding carboxylic acids is 3. The van der Waals surface area contributed by atoms with Gasteiger partial charge in [0.2, 0.25) is 5.75 Å². The lowest BCUT2D eigenvalue weighted by Crippen LogP contribution is -2.52. The number of aromatic nitrogens is 1. The standard InChI is InChI=1S/C27H36N2O6/c1-16(2)23(21-11-9-10-17(3)18(21)4)19(5)34-15-27(7,14-30)29-26(32)24-25(35-20(6)31)22(33-8)12-13-28-24/h9-14,16,19,23H,15H2,1-8H3,(H,29,32)/t19-,23+,27+/m0/s1. The van der Waals surface area contributed by atoms with Crippen molar-refractivity contribution in [3.8, 4) is 11.5 Å². The second kappa shape index (κ2) is 11.9. The lowest BCUT2D eigenvalue weighted by atomic mass is 9.81. The molecule has 8 heteroatoms. The van der Waals surface area contributed by atoms with Gasteiger partial charge < -0.3 is 24.3 Å². The van der Waals surface area contributed by atoms with Gasteiger partial charge in [-0.3, -0.25) is 9.59 Å². The van der Waals surface area contributed by atoms with Crippen LogP contribution in [0.5, 0.6) is 11.5 Å². The zero-order valence-corrected chi connectivity index (χ0v) is 21.8. The molecule has 8 nitrogen and oxygen atoms in total. The molecule has 0 saturated carbocycles. The highest BCUT2D eigenvalue weighted by atomic mass is 16.6. The minimum atomic E-state index is -1.34. The molecule has 0 saturated heterocycles. The summed E-state index contributed by atoms with van der Waals surface area (Å²) < 4.78 is 16.5. The van der Waals surface area contributed by atoms with E-state index in [9.17, 15) is 14.4 Å². The van der Waals surface area contributed by atoms with E-state index in [2.05, 4.69) is 50.1 Å². The van der Waals surface area contributed by atoms with Crippen molar-refractivity contribution in [3.05, 3.63) is 52.8 Å². The highest BCUT2D eigenvalue weighted by molar-refractivity contribution is 5.98. The summed E-state index contributed by atoms with van der Waals surface area (Å²) in [6, 6.07) is 7.70. The van der Waals surface area contributed by atoms with Gasteiger partial charge in [-0.2, -0.15) is 0 Å². The van der Waals surface area contributed by atoms with Crippen molar-refractivity contribution < 1.29 is 28.6 Å². The third kappa shape index (κ3) is 6.88. The van der Waals surface area contributed by atoms with Gasteiger partial charge in [0.05, 0.1) is 19.8 Å². The summed E-state index contributed by atoms with van der Waals surface area (Å²) in [5.74, 6) is -0.886. The lowest BCUT2D eigenvalue weighted by molar-refractivity contribution is -0.132. The van der Waals surface area contributed by atoms with Gasteiger partial charge in [0.1, 0.15) is 11.8 Å². The van der Waals surface area contributed by atoms with E-state index in [-0.39, 0.29) is 41.7 Å². The number of nitrogens with one attached hydrogen (secondary N) is 1. The zero-order valence-electron chi connectivity index (χ0n) is 21.8. The number of esters is 1. The van der Waals surface area contributed by atoms with Crippen molar-refractivity contribution in [2.75, 3.05) is 13.7 Å². The first-order chi connectivity index (χ1) is 16.4. The topological polar surface area (TPSA) is 104 Å². The van der Waals surface area contributed by atoms with Gasteiger partial charge in [-0.1, -0.05) is 32.0 Å². The molecule has 0 spiro atoms. The number of hydrogen-bond acceptors (Lipinski definition) is 7. The highest BCUT2D eigenvalue weighted by Gasteiger charge is 2.33. The second-order valence-corrected chi connectivity index (χ2v) is 9.35. The summed E-state index contributed by atoms with van der Waals surface area (Å²) in [5, 5.41) is 2.67. The largest absolute Gasteiger partial charge is 0.493 e. The summed E-state index contributed by atoms with van der Waals surface area (Å²) in [5.41, 5.74) is 2.12. The molecule has 0 radical (unpaired) electrons. The Morgan fingerprint density at radius 3 is 2.43 bits per heavy atom. The quantitative estimate of drug-likeness (QED) is 0.377. The molecule has 1 N–H and O–H groups in total. The molecule has 1 heterocycles. The average Bonchev–Trinajstić information content (AvgIpc) is 2.80. The van der Waals surface area contributed by atoms with E-state index in [1.165, 1.54) is 43.0 Å². The molecular formula is C27H36N2O6. The maximum atomic E-state index is 13.0. The number of aldehydes is 1. The van der Waals surface area contributed by atoms with Gasteiger partial charge in [-0.15, -0.1) is 0 Å². The number of amides is 1. The minimum absolute atomic E-state index is 0.0512. The smallest absolute Gasteiger partial charge is 0.308 e. The number of ether oxygens (including phenoxy) is 3. The van der Waals surface area contributed by atoms with Crippen LogP contribution in [0.2, 0.25) is 0 Å². The Hall–Kier alpha value is -3.26. The third-order valence-corrected chi connectivity index (χ3v) is 6.08. The van der Waals surface area contributed by atoms with Crippen LogP contribution in [0.1, 0.15) is 67.7 Å². The molecule has 0 aliphatic carbocycles. The molecule has 0 bridgehead atoms. The Bertz CT molecular complexity index is 1070. The van der Waals surface area contributed by atoms with Crippen molar-refractivity contribution in [2.45, 2.75) is 66.0 Å². The van der Waals surface area contributed by atoms with Crippen LogP contribution in [0.3, 0.4) is 0 Å². The molecule has 2 rings (SSSR count). The van der Waals surface area contributed by atoms with Crippen LogP contribution in [0, 0.1) is 19.8 Å². The van der Waals surface area contributed by atoms with Gasteiger partial charge in [0.15, 0.2) is 11.4 Å². The van der Waals surface area contributed by atoms with Gasteiger partial charge in [0, 0.05) is 25.1 Å². The molecule has 1 aromatic heterocycles. The van der Waals surface area contributed by atoms with Gasteiger partial charge in [0.25, 0.3) is 5.91 Å². The molecule has 0 aliphatic heterocycles. The SMILES string of the molecule is COc1ccnc(C(=O)N[C@](C)(C=O)CO[C@@H](C)[C@H](c2cccc(C)c2C)C(C)C)c1OC(C)=O. The second-order valence-electron chi connectivity index (χ2n) is 9.35. The number of nitrogens with zero attached hydrogens (tertiary/aromatic N) is 1. The summed E-state index contributed by atoms with van der Waals surface area (Å²) in [6.07, 6.45) is 1.76. The first-order valence-corrected chi connectivity index (χ1v) is 11.6. The maximum absolute atomic E-state index is 13.0. The fourth-order valence-electron chi connectivity index (χ4n) is 4.11.